The van der Waals surface area contributed by atoms with Crippen LogP contribution >= 0.6 is 15.9 Å². The van der Waals surface area contributed by atoms with Crippen molar-refractivity contribution in [1.29, 1.82) is 10.5 Å². The van der Waals surface area contributed by atoms with Crippen LogP contribution in [0.3, 0.4) is 0 Å². The summed E-state index contributed by atoms with van der Waals surface area (Å²) in [5.41, 5.74) is 6.79. The lowest BCUT2D eigenvalue weighted by Gasteiger charge is -2.09. The maximum atomic E-state index is 13.4. The number of H-pyrrole nitrogens is 1. The molecule has 0 spiro atoms. The van der Waals surface area contributed by atoms with Crippen molar-refractivity contribution in [3.63, 3.8) is 0 Å². The number of nitrogens with two attached hydrogens (primary N) is 1. The van der Waals surface area contributed by atoms with Crippen molar-refractivity contribution in [2.75, 3.05) is 12.8 Å². The molecule has 0 saturated carbocycles. The molecule has 2 aromatic rings. The summed E-state index contributed by atoms with van der Waals surface area (Å²) in [6.07, 6.45) is 0. The molecular formula is C14H9BrFN4O+. The number of aromatic amines is 1. The molecule has 7 heteroatoms. The average molecular weight is 348 g/mol. The van der Waals surface area contributed by atoms with Gasteiger partial charge in [0.25, 0.3) is 5.82 Å². The Balaban J connectivity index is 2.89. The van der Waals surface area contributed by atoms with Gasteiger partial charge in [0.05, 0.1) is 11.6 Å². The van der Waals surface area contributed by atoms with Crippen molar-refractivity contribution < 1.29 is 14.1 Å². The van der Waals surface area contributed by atoms with Crippen molar-refractivity contribution in [3.8, 4) is 29.1 Å². The molecule has 2 rings (SSSR count). The molecule has 0 aliphatic carbocycles. The van der Waals surface area contributed by atoms with Gasteiger partial charge in [-0.3, -0.25) is 5.73 Å². The summed E-state index contributed by atoms with van der Waals surface area (Å²) in [4.78, 5) is 2.66. The second kappa shape index (κ2) is 5.78. The molecule has 104 valence electrons. The van der Waals surface area contributed by atoms with E-state index < -0.39 is 5.82 Å². The number of halogens is 2. The molecule has 0 bridgehead atoms. The van der Waals surface area contributed by atoms with Crippen LogP contribution in [0.2, 0.25) is 0 Å². The zero-order chi connectivity index (χ0) is 15.6. The van der Waals surface area contributed by atoms with Crippen LogP contribution < -0.4 is 15.5 Å². The Labute approximate surface area is 128 Å². The zero-order valence-corrected chi connectivity index (χ0v) is 12.5. The van der Waals surface area contributed by atoms with Crippen LogP contribution in [-0.4, -0.2) is 7.11 Å². The number of nitrogens with one attached hydrogen (secondary N) is 1. The third-order valence-electron chi connectivity index (χ3n) is 2.88. The fraction of sp³-hybridized carbons (Fsp3) is 0.0714. The van der Waals surface area contributed by atoms with Crippen molar-refractivity contribution in [2.45, 2.75) is 0 Å². The Hall–Kier alpha value is -2.64. The van der Waals surface area contributed by atoms with Crippen LogP contribution in [-0.2, 0) is 0 Å². The van der Waals surface area contributed by atoms with E-state index in [2.05, 4.69) is 20.9 Å². The van der Waals surface area contributed by atoms with E-state index in [1.807, 2.05) is 12.1 Å². The average Bonchev–Trinajstić information content (AvgIpc) is 2.48. The molecule has 0 saturated heterocycles. The summed E-state index contributed by atoms with van der Waals surface area (Å²) in [5, 5.41) is 18.6. The third kappa shape index (κ3) is 2.51. The van der Waals surface area contributed by atoms with E-state index in [0.29, 0.717) is 11.1 Å². The molecule has 0 atom stereocenters. The molecule has 1 heterocycles. The number of ether oxygens (including phenoxy) is 1. The van der Waals surface area contributed by atoms with Crippen molar-refractivity contribution in [1.82, 2.24) is 0 Å². The number of nitrogens with zero attached hydrogens (tertiary/aromatic N) is 2. The lowest BCUT2D eigenvalue weighted by Crippen LogP contribution is -2.18. The molecule has 1 aromatic carbocycles. The highest BCUT2D eigenvalue weighted by Crippen LogP contribution is 2.34. The minimum atomic E-state index is -0.446. The highest BCUT2D eigenvalue weighted by atomic mass is 79.9. The standard InChI is InChI=1S/C14H8BrFN4O/c1-21-14-9(6-18)12(8(5-17)13(19)20-14)7-2-3-11(16)10(15)4-7/h2-4H,1H3,(H2,19,20)/p+1. The summed E-state index contributed by atoms with van der Waals surface area (Å²) in [6.45, 7) is 0. The smallest absolute Gasteiger partial charge is 0.300 e. The molecule has 0 radical (unpaired) electrons. The van der Waals surface area contributed by atoms with Crippen LogP contribution in [0.4, 0.5) is 10.2 Å². The first-order chi connectivity index (χ1) is 10.0. The fourth-order valence-electron chi connectivity index (χ4n) is 1.94. The summed E-state index contributed by atoms with van der Waals surface area (Å²) in [5.74, 6) is -0.230. The molecule has 21 heavy (non-hydrogen) atoms. The number of nitrogen functional groups attached to an aromatic ring is 1. The Kier molecular flexibility index (Phi) is 4.06. The normalized spacial score (nSPS) is 9.76. The molecule has 0 aliphatic heterocycles. The molecule has 0 amide bonds. The van der Waals surface area contributed by atoms with Gasteiger partial charge in [-0.05, 0) is 33.6 Å². The fourth-order valence-corrected chi connectivity index (χ4v) is 2.32. The van der Waals surface area contributed by atoms with Gasteiger partial charge < -0.3 is 4.74 Å². The quantitative estimate of drug-likeness (QED) is 0.901. The van der Waals surface area contributed by atoms with Gasteiger partial charge >= 0.3 is 5.88 Å². The molecule has 5 nitrogen and oxygen atoms in total. The summed E-state index contributed by atoms with van der Waals surface area (Å²) >= 11 is 3.08. The molecule has 1 aromatic heterocycles. The lowest BCUT2D eigenvalue weighted by atomic mass is 9.96. The summed E-state index contributed by atoms with van der Waals surface area (Å²) < 4.78 is 18.7. The Morgan fingerprint density at radius 2 is 1.95 bits per heavy atom. The Morgan fingerprint density at radius 3 is 2.48 bits per heavy atom. The molecule has 0 aliphatic rings. The molecular weight excluding hydrogens is 339 g/mol. The first-order valence-corrected chi connectivity index (χ1v) is 6.51. The minimum Gasteiger partial charge on any atom is -0.465 e. The van der Waals surface area contributed by atoms with E-state index in [-0.39, 0.29) is 27.3 Å². The zero-order valence-electron chi connectivity index (χ0n) is 10.9. The highest BCUT2D eigenvalue weighted by Gasteiger charge is 2.24. The van der Waals surface area contributed by atoms with Crippen LogP contribution in [0, 0.1) is 28.5 Å². The minimum absolute atomic E-state index is 0.0730. The summed E-state index contributed by atoms with van der Waals surface area (Å²) in [7, 11) is 1.38. The SMILES string of the molecule is COc1[nH+]c(N)c(C#N)c(-c2ccc(F)c(Br)c2)c1C#N. The summed E-state index contributed by atoms with van der Waals surface area (Å²) in [6, 6.07) is 8.11. The van der Waals surface area contributed by atoms with Crippen molar-refractivity contribution >= 4 is 21.7 Å². The highest BCUT2D eigenvalue weighted by molar-refractivity contribution is 9.10. The number of benzene rings is 1. The van der Waals surface area contributed by atoms with Crippen LogP contribution in [0.25, 0.3) is 11.1 Å². The van der Waals surface area contributed by atoms with Crippen LogP contribution in [0.15, 0.2) is 22.7 Å². The van der Waals surface area contributed by atoms with Gasteiger partial charge in [-0.1, -0.05) is 6.07 Å². The van der Waals surface area contributed by atoms with Gasteiger partial charge in [0, 0.05) is 5.56 Å². The number of pyridine rings is 1. The monoisotopic (exact) mass is 347 g/mol. The number of aromatic nitrogens is 1. The second-order valence-electron chi connectivity index (χ2n) is 4.05. The van der Waals surface area contributed by atoms with E-state index in [9.17, 15) is 14.9 Å². The van der Waals surface area contributed by atoms with Gasteiger partial charge in [0.1, 0.15) is 23.5 Å². The number of anilines is 1. The predicted octanol–water partition coefficient (Wildman–Crippen LogP) is 2.40. The molecule has 3 N–H and O–H groups in total. The van der Waals surface area contributed by atoms with E-state index in [1.165, 1.54) is 25.3 Å². The van der Waals surface area contributed by atoms with Crippen molar-refractivity contribution in [3.05, 3.63) is 39.6 Å². The van der Waals surface area contributed by atoms with E-state index >= 15 is 0 Å². The number of nitriles is 2. The number of rotatable bonds is 2. The van der Waals surface area contributed by atoms with E-state index in [0.717, 1.165) is 0 Å². The predicted molar refractivity (Wildman–Crippen MR) is 76.5 cm³/mol. The van der Waals surface area contributed by atoms with Crippen molar-refractivity contribution in [2.24, 2.45) is 0 Å². The van der Waals surface area contributed by atoms with E-state index in [4.69, 9.17) is 10.5 Å². The Morgan fingerprint density at radius 1 is 1.29 bits per heavy atom. The molecule has 0 fully saturated rings. The maximum absolute atomic E-state index is 13.4. The topological polar surface area (TPSA) is 97.0 Å². The maximum Gasteiger partial charge on any atom is 0.300 e. The number of methoxy groups -OCH3 is 1. The lowest BCUT2D eigenvalue weighted by molar-refractivity contribution is -0.376. The van der Waals surface area contributed by atoms with Gasteiger partial charge in [0.15, 0.2) is 5.56 Å². The number of hydrogen-bond donors (Lipinski definition) is 1. The second-order valence-corrected chi connectivity index (χ2v) is 4.90. The Bertz CT molecular complexity index is 808. The van der Waals surface area contributed by atoms with Gasteiger partial charge in [-0.15, -0.1) is 0 Å². The third-order valence-corrected chi connectivity index (χ3v) is 3.49. The largest absolute Gasteiger partial charge is 0.465 e. The van der Waals surface area contributed by atoms with Gasteiger partial charge in [-0.2, -0.15) is 10.5 Å². The molecule has 0 unspecified atom stereocenters. The van der Waals surface area contributed by atoms with Gasteiger partial charge in [-0.25, -0.2) is 9.37 Å². The van der Waals surface area contributed by atoms with Gasteiger partial charge in [0.2, 0.25) is 0 Å². The van der Waals surface area contributed by atoms with Crippen LogP contribution in [0.5, 0.6) is 5.88 Å². The number of hydrogen-bond acceptors (Lipinski definition) is 4. The van der Waals surface area contributed by atoms with Crippen LogP contribution in [0.1, 0.15) is 11.1 Å². The van der Waals surface area contributed by atoms with E-state index in [1.54, 1.807) is 0 Å². The first kappa shape index (κ1) is 14.8. The first-order valence-electron chi connectivity index (χ1n) is 5.71.